The van der Waals surface area contributed by atoms with Gasteiger partial charge in [-0.3, -0.25) is 9.59 Å². The second kappa shape index (κ2) is 8.21. The number of rotatable bonds is 4. The van der Waals surface area contributed by atoms with Crippen LogP contribution in [0, 0.1) is 5.82 Å². The number of hydrogen-bond acceptors (Lipinski definition) is 4. The summed E-state index contributed by atoms with van der Waals surface area (Å²) in [6.45, 7) is 0.869. The minimum absolute atomic E-state index is 0. The van der Waals surface area contributed by atoms with Crippen LogP contribution in [-0.2, 0) is 4.79 Å². The first kappa shape index (κ1) is 17.7. The fourth-order valence-electron chi connectivity index (χ4n) is 1.95. The van der Waals surface area contributed by atoms with Gasteiger partial charge in [0.1, 0.15) is 5.82 Å². The standard InChI is InChI=1S/C13H16FN3O2S.ClH/c14-10-2-1-8(13(15)19)5-11(10)17-12(18)6-9-7-20-4-3-16-9;/h1-2,5,9,16H,3-4,6-7H2,(H2,15,19)(H,17,18);1H. The molecule has 1 saturated heterocycles. The predicted molar refractivity (Wildman–Crippen MR) is 84.5 cm³/mol. The average molecular weight is 334 g/mol. The number of nitrogens with one attached hydrogen (secondary N) is 2. The average Bonchev–Trinajstić information content (AvgIpc) is 2.42. The number of carbonyl (C=O) groups is 2. The number of benzene rings is 1. The number of anilines is 1. The first-order chi connectivity index (χ1) is 9.56. The number of amides is 2. The Bertz CT molecular complexity index is 524. The van der Waals surface area contributed by atoms with Crippen molar-refractivity contribution in [3.05, 3.63) is 29.6 Å². The highest BCUT2D eigenvalue weighted by Gasteiger charge is 2.18. The fraction of sp³-hybridized carbons (Fsp3) is 0.385. The van der Waals surface area contributed by atoms with Crippen molar-refractivity contribution in [3.63, 3.8) is 0 Å². The highest BCUT2D eigenvalue weighted by Crippen LogP contribution is 2.17. The smallest absolute Gasteiger partial charge is 0.248 e. The Balaban J connectivity index is 0.00000220. The van der Waals surface area contributed by atoms with Crippen molar-refractivity contribution in [1.29, 1.82) is 0 Å². The lowest BCUT2D eigenvalue weighted by molar-refractivity contribution is -0.116. The third-order valence-corrected chi connectivity index (χ3v) is 4.09. The van der Waals surface area contributed by atoms with Crippen molar-refractivity contribution in [3.8, 4) is 0 Å². The number of nitrogens with two attached hydrogens (primary N) is 1. The van der Waals surface area contributed by atoms with Crippen LogP contribution in [0.3, 0.4) is 0 Å². The molecule has 0 radical (unpaired) electrons. The molecule has 116 valence electrons. The van der Waals surface area contributed by atoms with Crippen LogP contribution in [0.4, 0.5) is 10.1 Å². The Kier molecular flexibility index (Phi) is 6.94. The second-order valence-electron chi connectivity index (χ2n) is 4.54. The summed E-state index contributed by atoms with van der Waals surface area (Å²) in [6.07, 6.45) is 0.271. The van der Waals surface area contributed by atoms with E-state index in [1.807, 2.05) is 0 Å². The van der Waals surface area contributed by atoms with Crippen LogP contribution in [0.1, 0.15) is 16.8 Å². The van der Waals surface area contributed by atoms with Crippen LogP contribution in [0.25, 0.3) is 0 Å². The lowest BCUT2D eigenvalue weighted by Crippen LogP contribution is -2.40. The number of halogens is 2. The Morgan fingerprint density at radius 1 is 1.48 bits per heavy atom. The van der Waals surface area contributed by atoms with Gasteiger partial charge in [0, 0.05) is 36.1 Å². The van der Waals surface area contributed by atoms with Gasteiger partial charge in [0.05, 0.1) is 5.69 Å². The van der Waals surface area contributed by atoms with Crippen LogP contribution >= 0.6 is 24.2 Å². The van der Waals surface area contributed by atoms with Crippen molar-refractivity contribution >= 4 is 41.7 Å². The Hall–Kier alpha value is -1.31. The van der Waals surface area contributed by atoms with Gasteiger partial charge < -0.3 is 16.4 Å². The molecular formula is C13H17ClFN3O2S. The van der Waals surface area contributed by atoms with E-state index in [1.54, 1.807) is 11.8 Å². The van der Waals surface area contributed by atoms with Crippen LogP contribution < -0.4 is 16.4 Å². The minimum atomic E-state index is -0.661. The molecule has 0 saturated carbocycles. The first-order valence-electron chi connectivity index (χ1n) is 6.26. The van der Waals surface area contributed by atoms with E-state index in [4.69, 9.17) is 5.73 Å². The van der Waals surface area contributed by atoms with Crippen LogP contribution in [0.15, 0.2) is 18.2 Å². The highest BCUT2D eigenvalue weighted by atomic mass is 35.5. The third kappa shape index (κ3) is 5.18. The molecule has 1 heterocycles. The summed E-state index contributed by atoms with van der Waals surface area (Å²) in [5, 5.41) is 5.71. The van der Waals surface area contributed by atoms with Crippen molar-refractivity contribution in [1.82, 2.24) is 5.32 Å². The summed E-state index contributed by atoms with van der Waals surface area (Å²) in [7, 11) is 0. The molecule has 0 aliphatic carbocycles. The summed E-state index contributed by atoms with van der Waals surface area (Å²) >= 11 is 1.78. The lowest BCUT2D eigenvalue weighted by Gasteiger charge is -2.22. The van der Waals surface area contributed by atoms with E-state index in [2.05, 4.69) is 10.6 Å². The molecule has 1 aromatic carbocycles. The normalized spacial score (nSPS) is 17.7. The van der Waals surface area contributed by atoms with Gasteiger partial charge in [-0.05, 0) is 18.2 Å². The van der Waals surface area contributed by atoms with Crippen LogP contribution in [0.5, 0.6) is 0 Å². The fourth-order valence-corrected chi connectivity index (χ4v) is 2.90. The van der Waals surface area contributed by atoms with E-state index < -0.39 is 11.7 Å². The monoisotopic (exact) mass is 333 g/mol. The zero-order chi connectivity index (χ0) is 14.5. The molecule has 2 amide bonds. The topological polar surface area (TPSA) is 84.2 Å². The van der Waals surface area contributed by atoms with E-state index >= 15 is 0 Å². The summed E-state index contributed by atoms with van der Waals surface area (Å²) in [5.74, 6) is 0.357. The molecule has 1 aromatic rings. The molecule has 1 aliphatic heterocycles. The van der Waals surface area contributed by atoms with E-state index in [9.17, 15) is 14.0 Å². The van der Waals surface area contributed by atoms with E-state index in [-0.39, 0.29) is 42.0 Å². The molecule has 1 fully saturated rings. The molecule has 2 rings (SSSR count). The van der Waals surface area contributed by atoms with E-state index in [1.165, 1.54) is 12.1 Å². The molecule has 1 atom stereocenters. The van der Waals surface area contributed by atoms with Gasteiger partial charge in [-0.2, -0.15) is 11.8 Å². The Morgan fingerprint density at radius 2 is 2.24 bits per heavy atom. The van der Waals surface area contributed by atoms with Crippen molar-refractivity contribution in [2.24, 2.45) is 5.73 Å². The summed E-state index contributed by atoms with van der Waals surface area (Å²) in [6, 6.07) is 3.74. The summed E-state index contributed by atoms with van der Waals surface area (Å²) in [4.78, 5) is 22.9. The highest BCUT2D eigenvalue weighted by molar-refractivity contribution is 7.99. The van der Waals surface area contributed by atoms with Gasteiger partial charge in [-0.25, -0.2) is 4.39 Å². The van der Waals surface area contributed by atoms with Crippen molar-refractivity contribution in [2.75, 3.05) is 23.4 Å². The Morgan fingerprint density at radius 3 is 2.86 bits per heavy atom. The molecule has 0 bridgehead atoms. The molecule has 21 heavy (non-hydrogen) atoms. The maximum absolute atomic E-state index is 13.6. The number of carbonyl (C=O) groups excluding carboxylic acids is 2. The van der Waals surface area contributed by atoms with E-state index in [0.717, 1.165) is 24.1 Å². The number of primary amides is 1. The molecule has 1 unspecified atom stereocenters. The van der Waals surface area contributed by atoms with Gasteiger partial charge in [0.25, 0.3) is 0 Å². The van der Waals surface area contributed by atoms with Gasteiger partial charge in [-0.1, -0.05) is 0 Å². The van der Waals surface area contributed by atoms with Crippen LogP contribution in [-0.4, -0.2) is 35.9 Å². The van der Waals surface area contributed by atoms with Gasteiger partial charge in [0.15, 0.2) is 0 Å². The third-order valence-electron chi connectivity index (χ3n) is 2.96. The summed E-state index contributed by atoms with van der Waals surface area (Å²) < 4.78 is 13.6. The second-order valence-corrected chi connectivity index (χ2v) is 5.69. The van der Waals surface area contributed by atoms with Gasteiger partial charge in [0.2, 0.25) is 11.8 Å². The molecule has 5 nitrogen and oxygen atoms in total. The molecule has 8 heteroatoms. The SMILES string of the molecule is Cl.NC(=O)c1ccc(F)c(NC(=O)CC2CSCCN2)c1. The van der Waals surface area contributed by atoms with E-state index in [0.29, 0.717) is 0 Å². The zero-order valence-corrected chi connectivity index (χ0v) is 12.9. The first-order valence-corrected chi connectivity index (χ1v) is 7.42. The largest absolute Gasteiger partial charge is 0.366 e. The van der Waals surface area contributed by atoms with Crippen molar-refractivity contribution in [2.45, 2.75) is 12.5 Å². The molecule has 4 N–H and O–H groups in total. The zero-order valence-electron chi connectivity index (χ0n) is 11.2. The molecular weight excluding hydrogens is 317 g/mol. The lowest BCUT2D eigenvalue weighted by atomic mass is 10.1. The molecule has 1 aliphatic rings. The van der Waals surface area contributed by atoms with Gasteiger partial charge in [-0.15, -0.1) is 12.4 Å². The maximum Gasteiger partial charge on any atom is 0.248 e. The minimum Gasteiger partial charge on any atom is -0.366 e. The maximum atomic E-state index is 13.6. The Labute approximate surface area is 132 Å². The predicted octanol–water partition coefficient (Wildman–Crippen LogP) is 1.38. The number of thioether (sulfide) groups is 1. The van der Waals surface area contributed by atoms with Gasteiger partial charge >= 0.3 is 0 Å². The number of hydrogen-bond donors (Lipinski definition) is 3. The summed E-state index contributed by atoms with van der Waals surface area (Å²) in [5.41, 5.74) is 5.27. The quantitative estimate of drug-likeness (QED) is 0.777. The van der Waals surface area contributed by atoms with Crippen molar-refractivity contribution < 1.29 is 14.0 Å². The molecule has 0 spiro atoms. The van der Waals surface area contributed by atoms with Crippen LogP contribution in [0.2, 0.25) is 0 Å². The molecule has 0 aromatic heterocycles.